The smallest absolute Gasteiger partial charge is 0.302 e. The van der Waals surface area contributed by atoms with Crippen LogP contribution in [0.3, 0.4) is 0 Å². The maximum absolute atomic E-state index is 13.4. The summed E-state index contributed by atoms with van der Waals surface area (Å²) in [6.07, 6.45) is -17.0. The summed E-state index contributed by atoms with van der Waals surface area (Å²) >= 11 is 0. The summed E-state index contributed by atoms with van der Waals surface area (Å²) in [5.41, 5.74) is 0. The minimum atomic E-state index is -2.26. The van der Waals surface area contributed by atoms with Crippen molar-refractivity contribution in [2.45, 2.75) is 68.4 Å². The Morgan fingerprint density at radius 3 is 2.19 bits per heavy atom. The second-order valence-electron chi connectivity index (χ2n) is 6.11. The Kier molecular flexibility index (Phi) is 7.24. The van der Waals surface area contributed by atoms with Crippen LogP contribution in [0.4, 0.5) is 4.39 Å². The fourth-order valence-corrected chi connectivity index (χ4v) is 2.73. The second kappa shape index (κ2) is 8.82. The van der Waals surface area contributed by atoms with Crippen molar-refractivity contribution in [1.82, 2.24) is 0 Å². The molecule has 0 aromatic carbocycles. The van der Waals surface area contributed by atoms with Crippen molar-refractivity contribution >= 4 is 5.97 Å². The fourth-order valence-electron chi connectivity index (χ4n) is 2.73. The highest BCUT2D eigenvalue weighted by Crippen LogP contribution is 2.29. The summed E-state index contributed by atoms with van der Waals surface area (Å²) in [5, 5.41) is 58.6. The average molecular weight is 386 g/mol. The van der Waals surface area contributed by atoms with Gasteiger partial charge in [-0.15, -0.1) is 0 Å². The first-order chi connectivity index (χ1) is 12.2. The van der Waals surface area contributed by atoms with E-state index in [1.54, 1.807) is 0 Å². The summed E-state index contributed by atoms with van der Waals surface area (Å²) < 4.78 is 33.4. The van der Waals surface area contributed by atoms with Crippen molar-refractivity contribution in [3.8, 4) is 0 Å². The zero-order valence-electron chi connectivity index (χ0n) is 13.8. The normalized spacial score (nSPS) is 46.8. The molecule has 2 heterocycles. The van der Waals surface area contributed by atoms with Gasteiger partial charge >= 0.3 is 5.97 Å². The van der Waals surface area contributed by atoms with Crippen LogP contribution in [0.1, 0.15) is 6.92 Å². The summed E-state index contributed by atoms with van der Waals surface area (Å²) in [6, 6.07) is 0. The minimum absolute atomic E-state index is 0.456. The maximum atomic E-state index is 13.4. The molecule has 0 aromatic heterocycles. The lowest BCUT2D eigenvalue weighted by Crippen LogP contribution is -2.64. The molecule has 0 saturated carbocycles. The van der Waals surface area contributed by atoms with Gasteiger partial charge < -0.3 is 49.6 Å². The number of aliphatic hydroxyl groups excluding tert-OH is 6. The van der Waals surface area contributed by atoms with Gasteiger partial charge in [0.05, 0.1) is 6.61 Å². The van der Waals surface area contributed by atoms with Gasteiger partial charge in [0.2, 0.25) is 6.36 Å². The van der Waals surface area contributed by atoms with E-state index in [9.17, 15) is 39.8 Å². The third-order valence-electron chi connectivity index (χ3n) is 4.22. The third-order valence-corrected chi connectivity index (χ3v) is 4.22. The zero-order valence-corrected chi connectivity index (χ0v) is 13.8. The Hall–Kier alpha value is -0.960. The molecule has 6 N–H and O–H groups in total. The van der Waals surface area contributed by atoms with Crippen LogP contribution in [0.2, 0.25) is 0 Å². The Morgan fingerprint density at radius 1 is 0.962 bits per heavy atom. The molecule has 12 heteroatoms. The Labute approximate surface area is 147 Å². The highest BCUT2D eigenvalue weighted by atomic mass is 19.1. The van der Waals surface area contributed by atoms with Gasteiger partial charge in [-0.05, 0) is 0 Å². The van der Waals surface area contributed by atoms with Crippen molar-refractivity contribution in [2.75, 3.05) is 13.2 Å². The molecule has 2 rings (SSSR count). The average Bonchev–Trinajstić information content (AvgIpc) is 2.60. The second-order valence-corrected chi connectivity index (χ2v) is 6.11. The molecule has 10 atom stereocenters. The fraction of sp³-hybridized carbons (Fsp3) is 0.929. The van der Waals surface area contributed by atoms with Gasteiger partial charge in [-0.3, -0.25) is 4.79 Å². The molecule has 26 heavy (non-hydrogen) atoms. The molecule has 11 nitrogen and oxygen atoms in total. The number of halogens is 1. The Morgan fingerprint density at radius 2 is 1.62 bits per heavy atom. The number of esters is 1. The molecule has 0 radical (unpaired) electrons. The van der Waals surface area contributed by atoms with Crippen molar-refractivity contribution in [3.05, 3.63) is 0 Å². The highest BCUT2D eigenvalue weighted by Gasteiger charge is 2.50. The summed E-state index contributed by atoms with van der Waals surface area (Å²) in [4.78, 5) is 10.9. The molecule has 2 saturated heterocycles. The van der Waals surface area contributed by atoms with E-state index in [4.69, 9.17) is 18.9 Å². The zero-order chi connectivity index (χ0) is 19.6. The molecule has 152 valence electrons. The van der Waals surface area contributed by atoms with E-state index >= 15 is 0 Å². The van der Waals surface area contributed by atoms with Gasteiger partial charge in [0, 0.05) is 6.92 Å². The van der Waals surface area contributed by atoms with Crippen LogP contribution in [0.15, 0.2) is 0 Å². The minimum Gasteiger partial charge on any atom is -0.463 e. The van der Waals surface area contributed by atoms with E-state index in [0.29, 0.717) is 0 Å². The third kappa shape index (κ3) is 4.47. The van der Waals surface area contributed by atoms with Crippen LogP contribution in [0, 0.1) is 0 Å². The van der Waals surface area contributed by atoms with Crippen LogP contribution in [0.25, 0.3) is 0 Å². The van der Waals surface area contributed by atoms with Gasteiger partial charge in [0.25, 0.3) is 0 Å². The standard InChI is InChI=1S/C14H23FO11/c1-4(17)23-3-6-7(18)8(19)11(22)14(25-6)26-12-5(2-16)24-13(15)10(21)9(12)20/h5-14,16,18-22H,2-3H2,1H3/t5?,6?,7-,8+,9-,10?,11?,12-,13+,14-/m1/s1. The first-order valence-corrected chi connectivity index (χ1v) is 7.92. The molecule has 2 aliphatic rings. The van der Waals surface area contributed by atoms with E-state index in [2.05, 4.69) is 0 Å². The lowest BCUT2D eigenvalue weighted by atomic mass is 9.97. The molecular formula is C14H23FO11. The first-order valence-electron chi connectivity index (χ1n) is 7.92. The molecule has 2 fully saturated rings. The summed E-state index contributed by atoms with van der Waals surface area (Å²) in [5.74, 6) is -0.674. The summed E-state index contributed by atoms with van der Waals surface area (Å²) in [6.45, 7) is -0.118. The van der Waals surface area contributed by atoms with E-state index in [-0.39, 0.29) is 0 Å². The lowest BCUT2D eigenvalue weighted by molar-refractivity contribution is -0.349. The van der Waals surface area contributed by atoms with Crippen molar-refractivity contribution in [3.63, 3.8) is 0 Å². The number of rotatable bonds is 5. The van der Waals surface area contributed by atoms with Gasteiger partial charge in [-0.2, -0.15) is 0 Å². The van der Waals surface area contributed by atoms with Crippen LogP contribution in [-0.4, -0.2) is 111 Å². The number of aliphatic hydroxyl groups is 6. The lowest BCUT2D eigenvalue weighted by Gasteiger charge is -2.44. The molecule has 0 amide bonds. The first kappa shape index (κ1) is 21.3. The number of hydrogen-bond acceptors (Lipinski definition) is 11. The Balaban J connectivity index is 2.10. The molecule has 0 aliphatic carbocycles. The molecule has 2 aliphatic heterocycles. The summed E-state index contributed by atoms with van der Waals surface area (Å²) in [7, 11) is 0. The van der Waals surface area contributed by atoms with Crippen molar-refractivity contribution in [1.29, 1.82) is 0 Å². The maximum Gasteiger partial charge on any atom is 0.302 e. The number of alkyl halides is 1. The largest absolute Gasteiger partial charge is 0.463 e. The van der Waals surface area contributed by atoms with Gasteiger partial charge in [-0.25, -0.2) is 4.39 Å². The predicted octanol–water partition coefficient (Wildman–Crippen LogP) is -3.85. The van der Waals surface area contributed by atoms with E-state index in [1.165, 1.54) is 0 Å². The van der Waals surface area contributed by atoms with Gasteiger partial charge in [-0.1, -0.05) is 0 Å². The number of carbonyl (C=O) groups is 1. The van der Waals surface area contributed by atoms with E-state index < -0.39 is 80.7 Å². The predicted molar refractivity (Wildman–Crippen MR) is 77.1 cm³/mol. The van der Waals surface area contributed by atoms with E-state index in [1.807, 2.05) is 0 Å². The van der Waals surface area contributed by atoms with Crippen molar-refractivity contribution in [2.24, 2.45) is 0 Å². The topological polar surface area (TPSA) is 175 Å². The molecule has 0 spiro atoms. The van der Waals surface area contributed by atoms with Crippen LogP contribution >= 0.6 is 0 Å². The highest BCUT2D eigenvalue weighted by molar-refractivity contribution is 5.65. The van der Waals surface area contributed by atoms with Crippen LogP contribution in [0.5, 0.6) is 0 Å². The number of carbonyl (C=O) groups excluding carboxylic acids is 1. The van der Waals surface area contributed by atoms with E-state index in [0.717, 1.165) is 6.92 Å². The SMILES string of the molecule is CC(=O)OCC1O[C@H](O[C@@H]2C(CO)O[C@H](F)C(O)[C@H]2O)C(O)[C@@H](O)[C@@H]1O. The number of hydrogen-bond donors (Lipinski definition) is 6. The van der Waals surface area contributed by atoms with Crippen LogP contribution in [-0.2, 0) is 23.7 Å². The molecular weight excluding hydrogens is 363 g/mol. The van der Waals surface area contributed by atoms with Gasteiger partial charge in [0.15, 0.2) is 6.29 Å². The van der Waals surface area contributed by atoms with Crippen LogP contribution < -0.4 is 0 Å². The van der Waals surface area contributed by atoms with Crippen molar-refractivity contribution < 1.29 is 58.8 Å². The molecule has 4 unspecified atom stereocenters. The number of ether oxygens (including phenoxy) is 4. The molecule has 0 bridgehead atoms. The quantitative estimate of drug-likeness (QED) is 0.255. The molecule has 0 aromatic rings. The van der Waals surface area contributed by atoms with Gasteiger partial charge in [0.1, 0.15) is 55.4 Å². The monoisotopic (exact) mass is 386 g/mol. The Bertz CT molecular complexity index is 478.